The first-order valence-electron chi connectivity index (χ1n) is 10.0. The number of hydrogen-bond donors (Lipinski definition) is 1. The van der Waals surface area contributed by atoms with E-state index in [0.29, 0.717) is 35.7 Å². The van der Waals surface area contributed by atoms with Gasteiger partial charge >= 0.3 is 0 Å². The zero-order valence-corrected chi connectivity index (χ0v) is 17.7. The van der Waals surface area contributed by atoms with Crippen LogP contribution in [0, 0.1) is 0 Å². The fourth-order valence-electron chi connectivity index (χ4n) is 3.18. The maximum Gasteiger partial charge on any atom is 0.264 e. The molecule has 0 fully saturated rings. The zero-order chi connectivity index (χ0) is 21.7. The largest absolute Gasteiger partial charge is 0.490 e. The van der Waals surface area contributed by atoms with Crippen LogP contribution in [-0.4, -0.2) is 38.5 Å². The van der Waals surface area contributed by atoms with E-state index in [-0.39, 0.29) is 30.5 Å². The summed E-state index contributed by atoms with van der Waals surface area (Å²) in [5.41, 5.74) is 1.22. The topological polar surface area (TPSA) is 100 Å². The number of amides is 1. The van der Waals surface area contributed by atoms with Crippen LogP contribution in [-0.2, 0) is 18.4 Å². The maximum absolute atomic E-state index is 12.5. The summed E-state index contributed by atoms with van der Waals surface area (Å²) in [6.45, 7) is 7.03. The van der Waals surface area contributed by atoms with Gasteiger partial charge in [0.2, 0.25) is 5.91 Å². The number of fused-ring (bicyclic) bond motifs is 1. The minimum absolute atomic E-state index is 0.160. The van der Waals surface area contributed by atoms with Gasteiger partial charge in [-0.3, -0.25) is 18.8 Å². The van der Waals surface area contributed by atoms with Crippen LogP contribution in [0.3, 0.4) is 0 Å². The zero-order valence-electron chi connectivity index (χ0n) is 17.7. The number of ether oxygens (including phenoxy) is 2. The molecule has 0 bridgehead atoms. The smallest absolute Gasteiger partial charge is 0.264 e. The summed E-state index contributed by atoms with van der Waals surface area (Å²) in [6, 6.07) is 5.41. The monoisotopic (exact) mass is 413 g/mol. The lowest BCUT2D eigenvalue weighted by molar-refractivity contribution is -0.121. The normalized spacial score (nSPS) is 12.0. The Morgan fingerprint density at radius 3 is 2.67 bits per heavy atom. The molecule has 0 spiro atoms. The Labute approximate surface area is 174 Å². The molecule has 0 radical (unpaired) electrons. The van der Waals surface area contributed by atoms with Gasteiger partial charge in [0, 0.05) is 20.0 Å². The van der Waals surface area contributed by atoms with Gasteiger partial charge in [0.15, 0.2) is 17.1 Å². The molecule has 1 aromatic carbocycles. The average molecular weight is 413 g/mol. The van der Waals surface area contributed by atoms with Crippen LogP contribution in [0.15, 0.2) is 35.5 Å². The van der Waals surface area contributed by atoms with Crippen molar-refractivity contribution in [1.82, 2.24) is 24.6 Å². The molecule has 1 N–H and O–H groups in total. The first-order chi connectivity index (χ1) is 14.4. The minimum Gasteiger partial charge on any atom is -0.490 e. The number of nitrogens with zero attached hydrogens (tertiary/aromatic N) is 4. The molecule has 2 aromatic heterocycles. The van der Waals surface area contributed by atoms with Gasteiger partial charge in [-0.2, -0.15) is 5.10 Å². The molecule has 0 saturated heterocycles. The molecule has 0 saturated carbocycles. The summed E-state index contributed by atoms with van der Waals surface area (Å²) in [6.07, 6.45) is 3.10. The Kier molecular flexibility index (Phi) is 6.71. The lowest BCUT2D eigenvalue weighted by atomic mass is 10.1. The van der Waals surface area contributed by atoms with Crippen LogP contribution in [0.25, 0.3) is 11.0 Å². The van der Waals surface area contributed by atoms with Crippen molar-refractivity contribution in [3.8, 4) is 11.5 Å². The van der Waals surface area contributed by atoms with Crippen LogP contribution in [0.4, 0.5) is 0 Å². The molecule has 0 aliphatic rings. The van der Waals surface area contributed by atoms with Crippen LogP contribution < -0.4 is 20.3 Å². The molecule has 0 aliphatic carbocycles. The van der Waals surface area contributed by atoms with Crippen molar-refractivity contribution < 1.29 is 14.3 Å². The molecular weight excluding hydrogens is 386 g/mol. The van der Waals surface area contributed by atoms with Gasteiger partial charge < -0.3 is 14.8 Å². The van der Waals surface area contributed by atoms with Crippen molar-refractivity contribution in [3.05, 3.63) is 46.6 Å². The van der Waals surface area contributed by atoms with E-state index in [1.165, 1.54) is 17.1 Å². The third kappa shape index (κ3) is 4.61. The highest BCUT2D eigenvalue weighted by atomic mass is 16.5. The van der Waals surface area contributed by atoms with E-state index in [0.717, 1.165) is 5.56 Å². The number of carbonyl (C=O) groups is 1. The van der Waals surface area contributed by atoms with E-state index < -0.39 is 0 Å². The van der Waals surface area contributed by atoms with Gasteiger partial charge in [0.25, 0.3) is 5.56 Å². The highest BCUT2D eigenvalue weighted by Gasteiger charge is 2.14. The average Bonchev–Trinajstić information content (AvgIpc) is 3.10. The highest BCUT2D eigenvalue weighted by Crippen LogP contribution is 2.30. The van der Waals surface area contributed by atoms with Gasteiger partial charge in [-0.05, 0) is 38.5 Å². The van der Waals surface area contributed by atoms with E-state index in [1.807, 2.05) is 39.0 Å². The van der Waals surface area contributed by atoms with E-state index in [4.69, 9.17) is 9.47 Å². The fraction of sp³-hybridized carbons (Fsp3) is 0.429. The standard InChI is InChI=1S/C21H27N5O4/c1-5-29-17-8-7-15(11-18(17)30-6-2)14(3)24-19(27)9-10-26-13-22-20-16(21(26)28)12-23-25(20)4/h7-8,11-14H,5-6,9-10H2,1-4H3,(H,24,27). The quantitative estimate of drug-likeness (QED) is 0.577. The van der Waals surface area contributed by atoms with Crippen molar-refractivity contribution in [3.63, 3.8) is 0 Å². The van der Waals surface area contributed by atoms with E-state index in [2.05, 4.69) is 15.4 Å². The van der Waals surface area contributed by atoms with Crippen LogP contribution in [0.5, 0.6) is 11.5 Å². The third-order valence-electron chi connectivity index (χ3n) is 4.74. The van der Waals surface area contributed by atoms with Crippen LogP contribution >= 0.6 is 0 Å². The second kappa shape index (κ2) is 9.43. The Balaban J connectivity index is 1.64. The number of nitrogens with one attached hydrogen (secondary N) is 1. The van der Waals surface area contributed by atoms with Crippen molar-refractivity contribution in [2.24, 2.45) is 7.05 Å². The van der Waals surface area contributed by atoms with Crippen molar-refractivity contribution in [2.75, 3.05) is 13.2 Å². The van der Waals surface area contributed by atoms with Gasteiger partial charge in [-0.15, -0.1) is 0 Å². The van der Waals surface area contributed by atoms with Gasteiger partial charge in [-0.1, -0.05) is 6.07 Å². The van der Waals surface area contributed by atoms with E-state index in [9.17, 15) is 9.59 Å². The third-order valence-corrected chi connectivity index (χ3v) is 4.74. The lowest BCUT2D eigenvalue weighted by Gasteiger charge is -2.17. The van der Waals surface area contributed by atoms with Gasteiger partial charge in [-0.25, -0.2) is 4.98 Å². The number of hydrogen-bond acceptors (Lipinski definition) is 6. The number of carbonyl (C=O) groups excluding carboxylic acids is 1. The Morgan fingerprint density at radius 1 is 1.20 bits per heavy atom. The maximum atomic E-state index is 12.5. The Morgan fingerprint density at radius 2 is 1.93 bits per heavy atom. The molecule has 9 heteroatoms. The first kappa shape index (κ1) is 21.4. The van der Waals surface area contributed by atoms with Crippen LogP contribution in [0.1, 0.15) is 38.8 Å². The Bertz CT molecular complexity index is 1090. The molecule has 1 atom stereocenters. The summed E-state index contributed by atoms with van der Waals surface area (Å²) < 4.78 is 14.2. The summed E-state index contributed by atoms with van der Waals surface area (Å²) >= 11 is 0. The number of benzene rings is 1. The Hall–Kier alpha value is -3.36. The molecule has 9 nitrogen and oxygen atoms in total. The summed E-state index contributed by atoms with van der Waals surface area (Å²) in [5, 5.41) is 7.44. The molecule has 1 unspecified atom stereocenters. The predicted molar refractivity (Wildman–Crippen MR) is 113 cm³/mol. The van der Waals surface area contributed by atoms with Crippen molar-refractivity contribution in [1.29, 1.82) is 0 Å². The number of rotatable bonds is 9. The number of aromatic nitrogens is 4. The summed E-state index contributed by atoms with van der Waals surface area (Å²) in [5.74, 6) is 1.17. The predicted octanol–water partition coefficient (Wildman–Crippen LogP) is 2.19. The highest BCUT2D eigenvalue weighted by molar-refractivity contribution is 5.76. The number of aryl methyl sites for hydroxylation is 2. The molecule has 3 rings (SSSR count). The molecule has 0 aliphatic heterocycles. The summed E-state index contributed by atoms with van der Waals surface area (Å²) in [7, 11) is 1.73. The molecule has 30 heavy (non-hydrogen) atoms. The second-order valence-corrected chi connectivity index (χ2v) is 6.86. The molecular formula is C21H27N5O4. The van der Waals surface area contributed by atoms with Gasteiger partial charge in [0.05, 0.1) is 31.8 Å². The molecule has 3 aromatic rings. The SMILES string of the molecule is CCOc1ccc(C(C)NC(=O)CCn2cnc3c(cnn3C)c2=O)cc1OCC. The molecule has 1 amide bonds. The van der Waals surface area contributed by atoms with Crippen molar-refractivity contribution >= 4 is 16.9 Å². The fourth-order valence-corrected chi connectivity index (χ4v) is 3.18. The van der Waals surface area contributed by atoms with E-state index >= 15 is 0 Å². The summed E-state index contributed by atoms with van der Waals surface area (Å²) in [4.78, 5) is 29.2. The van der Waals surface area contributed by atoms with E-state index in [1.54, 1.807) is 11.7 Å². The molecule has 2 heterocycles. The second-order valence-electron chi connectivity index (χ2n) is 6.86. The minimum atomic E-state index is -0.219. The van der Waals surface area contributed by atoms with Crippen LogP contribution in [0.2, 0.25) is 0 Å². The van der Waals surface area contributed by atoms with Crippen molar-refractivity contribution in [2.45, 2.75) is 39.8 Å². The van der Waals surface area contributed by atoms with Gasteiger partial charge in [0.1, 0.15) is 5.39 Å². The molecule has 160 valence electrons. The lowest BCUT2D eigenvalue weighted by Crippen LogP contribution is -2.29. The first-order valence-corrected chi connectivity index (χ1v) is 10.0.